The number of pyridine rings is 1. The van der Waals surface area contributed by atoms with Gasteiger partial charge in [0.25, 0.3) is 0 Å². The summed E-state index contributed by atoms with van der Waals surface area (Å²) in [5.74, 6) is 1.72. The maximum Gasteiger partial charge on any atom is 0.246 e. The van der Waals surface area contributed by atoms with Gasteiger partial charge in [0.2, 0.25) is 11.8 Å². The molecule has 2 aliphatic heterocycles. The van der Waals surface area contributed by atoms with E-state index >= 15 is 0 Å². The number of amides is 2. The lowest BCUT2D eigenvalue weighted by Crippen LogP contribution is -2.27. The number of nitrogens with zero attached hydrogens (tertiary/aromatic N) is 2. The van der Waals surface area contributed by atoms with Gasteiger partial charge < -0.3 is 10.2 Å². The van der Waals surface area contributed by atoms with Crippen molar-refractivity contribution in [3.63, 3.8) is 0 Å². The zero-order valence-electron chi connectivity index (χ0n) is 16.4. The topological polar surface area (TPSA) is 62.3 Å². The summed E-state index contributed by atoms with van der Waals surface area (Å²) < 4.78 is 0. The molecule has 148 valence electrons. The lowest BCUT2D eigenvalue weighted by Gasteiger charge is -2.16. The maximum absolute atomic E-state index is 12.7. The van der Waals surface area contributed by atoms with Crippen LogP contribution in [0.15, 0.2) is 35.2 Å². The van der Waals surface area contributed by atoms with Gasteiger partial charge in [0, 0.05) is 31.8 Å². The predicted molar refractivity (Wildman–Crippen MR) is 115 cm³/mol. The minimum Gasteiger partial charge on any atom is -0.338 e. The number of carbonyl (C=O) groups excluding carboxylic acids is 2. The van der Waals surface area contributed by atoms with Crippen molar-refractivity contribution < 1.29 is 9.59 Å². The van der Waals surface area contributed by atoms with Crippen LogP contribution in [0.2, 0.25) is 0 Å². The molecule has 2 aromatic heterocycles. The molecular formula is C23H23N3O2S. The van der Waals surface area contributed by atoms with E-state index < -0.39 is 0 Å². The zero-order chi connectivity index (χ0) is 20.0. The first-order valence-corrected chi connectivity index (χ1v) is 11.0. The molecule has 0 saturated carbocycles. The molecule has 1 N–H and O–H groups in total. The number of aryl methyl sites for hydroxylation is 2. The first-order chi connectivity index (χ1) is 14.1. The number of carbonyl (C=O) groups is 2. The standard InChI is InChI=1S/C23H23N3O2S/c1-14-12-29-13-20(14)17-7-18-10-26(11-19(18)8-17)22(28)5-2-15-6-16-3-4-21(27)25-23(16)24-9-15/h2,5-7,9,12-13,18-19H,3-4,8,10-11H2,1H3,(H,24,25,27). The number of rotatable bonds is 3. The quantitative estimate of drug-likeness (QED) is 0.788. The van der Waals surface area contributed by atoms with Crippen LogP contribution in [0.3, 0.4) is 0 Å². The van der Waals surface area contributed by atoms with E-state index in [2.05, 4.69) is 34.1 Å². The van der Waals surface area contributed by atoms with Crippen molar-refractivity contribution in [3.05, 3.63) is 57.4 Å². The third-order valence-corrected chi connectivity index (χ3v) is 7.05. The lowest BCUT2D eigenvalue weighted by molar-refractivity contribution is -0.125. The summed E-state index contributed by atoms with van der Waals surface area (Å²) in [6.07, 6.45) is 9.81. The summed E-state index contributed by atoms with van der Waals surface area (Å²) in [7, 11) is 0. The molecule has 4 heterocycles. The van der Waals surface area contributed by atoms with Gasteiger partial charge in [0.1, 0.15) is 5.82 Å². The van der Waals surface area contributed by atoms with Gasteiger partial charge in [-0.25, -0.2) is 4.98 Å². The summed E-state index contributed by atoms with van der Waals surface area (Å²) in [6, 6.07) is 2.00. The average Bonchev–Trinajstić information content (AvgIpc) is 3.40. The van der Waals surface area contributed by atoms with Crippen LogP contribution in [0.5, 0.6) is 0 Å². The van der Waals surface area contributed by atoms with Crippen LogP contribution >= 0.6 is 11.3 Å². The molecule has 2 amide bonds. The molecule has 2 aromatic rings. The van der Waals surface area contributed by atoms with Crippen LogP contribution in [0, 0.1) is 18.8 Å². The Morgan fingerprint density at radius 3 is 3.00 bits per heavy atom. The molecule has 1 saturated heterocycles. The van der Waals surface area contributed by atoms with Crippen molar-refractivity contribution in [2.75, 3.05) is 18.4 Å². The van der Waals surface area contributed by atoms with Gasteiger partial charge in [-0.1, -0.05) is 6.08 Å². The van der Waals surface area contributed by atoms with Crippen LogP contribution in [0.4, 0.5) is 5.82 Å². The molecule has 2 unspecified atom stereocenters. The number of allylic oxidation sites excluding steroid dienone is 1. The Bertz CT molecular complexity index is 1050. The second-order valence-electron chi connectivity index (χ2n) is 8.19. The largest absolute Gasteiger partial charge is 0.338 e. The molecule has 0 aromatic carbocycles. The highest BCUT2D eigenvalue weighted by molar-refractivity contribution is 7.08. The van der Waals surface area contributed by atoms with Gasteiger partial charge >= 0.3 is 0 Å². The fourth-order valence-corrected chi connectivity index (χ4v) is 5.49. The van der Waals surface area contributed by atoms with Gasteiger partial charge in [0.05, 0.1) is 0 Å². The monoisotopic (exact) mass is 405 g/mol. The molecule has 0 spiro atoms. The number of anilines is 1. The molecule has 5 rings (SSSR count). The molecule has 0 radical (unpaired) electrons. The number of nitrogens with one attached hydrogen (secondary N) is 1. The molecule has 29 heavy (non-hydrogen) atoms. The van der Waals surface area contributed by atoms with Crippen molar-refractivity contribution in [2.24, 2.45) is 11.8 Å². The Morgan fingerprint density at radius 1 is 1.31 bits per heavy atom. The van der Waals surface area contributed by atoms with E-state index in [1.807, 2.05) is 17.0 Å². The SMILES string of the molecule is Cc1cscc1C1=CC2CN(C(=O)C=Cc3cnc4c(c3)CCC(=O)N4)CC2C1. The number of hydrogen-bond acceptors (Lipinski definition) is 4. The Balaban J connectivity index is 1.23. The van der Waals surface area contributed by atoms with Crippen molar-refractivity contribution >= 4 is 40.6 Å². The minimum absolute atomic E-state index is 0.00872. The average molecular weight is 406 g/mol. The summed E-state index contributed by atoms with van der Waals surface area (Å²) >= 11 is 1.76. The first-order valence-electron chi connectivity index (χ1n) is 10.1. The lowest BCUT2D eigenvalue weighted by atomic mass is 9.98. The molecule has 1 fully saturated rings. The van der Waals surface area contributed by atoms with Crippen molar-refractivity contribution in [1.29, 1.82) is 0 Å². The number of hydrogen-bond donors (Lipinski definition) is 1. The van der Waals surface area contributed by atoms with Crippen LogP contribution < -0.4 is 5.32 Å². The highest BCUT2D eigenvalue weighted by atomic mass is 32.1. The molecule has 1 aliphatic carbocycles. The summed E-state index contributed by atoms with van der Waals surface area (Å²) in [4.78, 5) is 30.4. The summed E-state index contributed by atoms with van der Waals surface area (Å²) in [5, 5.41) is 7.23. The van der Waals surface area contributed by atoms with Gasteiger partial charge in [-0.2, -0.15) is 11.3 Å². The molecular weight excluding hydrogens is 382 g/mol. The fourth-order valence-electron chi connectivity index (χ4n) is 4.62. The Labute approximate surface area is 174 Å². The number of thiophene rings is 1. The third-order valence-electron chi connectivity index (χ3n) is 6.19. The van der Waals surface area contributed by atoms with Crippen LogP contribution in [0.1, 0.15) is 35.1 Å². The first kappa shape index (κ1) is 18.3. The van der Waals surface area contributed by atoms with Gasteiger partial charge in [-0.3, -0.25) is 9.59 Å². The third kappa shape index (κ3) is 3.53. The van der Waals surface area contributed by atoms with Crippen LogP contribution in [0.25, 0.3) is 11.6 Å². The van der Waals surface area contributed by atoms with Crippen molar-refractivity contribution in [2.45, 2.75) is 26.2 Å². The van der Waals surface area contributed by atoms with Gasteiger partial charge in [-0.15, -0.1) is 0 Å². The van der Waals surface area contributed by atoms with E-state index in [1.54, 1.807) is 23.6 Å². The number of aromatic nitrogens is 1. The summed E-state index contributed by atoms with van der Waals surface area (Å²) in [6.45, 7) is 3.80. The fraction of sp³-hybridized carbons (Fsp3) is 0.348. The Kier molecular flexibility index (Phi) is 4.59. The zero-order valence-corrected chi connectivity index (χ0v) is 17.2. The molecule has 6 heteroatoms. The van der Waals surface area contributed by atoms with E-state index in [0.29, 0.717) is 30.5 Å². The van der Waals surface area contributed by atoms with E-state index in [9.17, 15) is 9.59 Å². The molecule has 5 nitrogen and oxygen atoms in total. The van der Waals surface area contributed by atoms with Crippen molar-refractivity contribution in [3.8, 4) is 0 Å². The highest BCUT2D eigenvalue weighted by Gasteiger charge is 2.38. The van der Waals surface area contributed by atoms with Crippen LogP contribution in [-0.2, 0) is 16.0 Å². The summed E-state index contributed by atoms with van der Waals surface area (Å²) in [5.41, 5.74) is 6.11. The second-order valence-corrected chi connectivity index (χ2v) is 8.93. The van der Waals surface area contributed by atoms with E-state index in [1.165, 1.54) is 16.7 Å². The molecule has 3 aliphatic rings. The van der Waals surface area contributed by atoms with E-state index in [4.69, 9.17) is 0 Å². The number of fused-ring (bicyclic) bond motifs is 2. The van der Waals surface area contributed by atoms with E-state index in [-0.39, 0.29) is 11.8 Å². The number of likely N-dealkylation sites (tertiary alicyclic amines) is 1. The second kappa shape index (κ2) is 7.26. The van der Waals surface area contributed by atoms with Crippen molar-refractivity contribution in [1.82, 2.24) is 9.88 Å². The molecule has 0 bridgehead atoms. The van der Waals surface area contributed by atoms with Gasteiger partial charge in [0.15, 0.2) is 0 Å². The maximum atomic E-state index is 12.7. The van der Waals surface area contributed by atoms with E-state index in [0.717, 1.165) is 30.6 Å². The van der Waals surface area contributed by atoms with Gasteiger partial charge in [-0.05, 0) is 82.3 Å². The Morgan fingerprint density at radius 2 is 2.21 bits per heavy atom. The normalized spacial score (nSPS) is 23.1. The van der Waals surface area contributed by atoms with Crippen LogP contribution in [-0.4, -0.2) is 34.8 Å². The Hall–Kier alpha value is -2.73. The minimum atomic E-state index is 0.00872. The molecule has 2 atom stereocenters. The highest BCUT2D eigenvalue weighted by Crippen LogP contribution is 2.42. The predicted octanol–water partition coefficient (Wildman–Crippen LogP) is 3.91. The smallest absolute Gasteiger partial charge is 0.246 e.